The fraction of sp³-hybridized carbons (Fsp3) is 0.294. The molecule has 1 aliphatic rings. The van der Waals surface area contributed by atoms with Gasteiger partial charge in [0.05, 0.1) is 6.04 Å². The molecule has 2 aromatic carbocycles. The molecule has 3 nitrogen and oxygen atoms in total. The number of fused-ring (bicyclic) bond motifs is 1. The van der Waals surface area contributed by atoms with E-state index in [9.17, 15) is 0 Å². The first-order valence-electron chi connectivity index (χ1n) is 7.14. The van der Waals surface area contributed by atoms with E-state index < -0.39 is 0 Å². The van der Waals surface area contributed by atoms with Gasteiger partial charge in [0.15, 0.2) is 0 Å². The zero-order chi connectivity index (χ0) is 14.7. The van der Waals surface area contributed by atoms with Gasteiger partial charge in [0.1, 0.15) is 24.7 Å². The van der Waals surface area contributed by atoms with Crippen molar-refractivity contribution in [2.75, 3.05) is 13.2 Å². The minimum absolute atomic E-state index is 0.294. The normalized spacial score (nSPS) is 16.4. The van der Waals surface area contributed by atoms with Gasteiger partial charge in [-0.1, -0.05) is 41.1 Å². The molecule has 0 spiro atoms. The quantitative estimate of drug-likeness (QED) is 0.884. The number of likely N-dealkylation sites (N-methyl/N-ethyl adjacent to an activating group) is 1. The van der Waals surface area contributed by atoms with Crippen LogP contribution in [-0.4, -0.2) is 13.2 Å². The van der Waals surface area contributed by atoms with E-state index in [0.717, 1.165) is 28.1 Å². The number of hydrogen-bond acceptors (Lipinski definition) is 3. The van der Waals surface area contributed by atoms with Gasteiger partial charge < -0.3 is 14.8 Å². The summed E-state index contributed by atoms with van der Waals surface area (Å²) in [6.45, 7) is 4.27. The summed E-state index contributed by atoms with van der Waals surface area (Å²) in [6, 6.07) is 14.4. The van der Waals surface area contributed by atoms with Gasteiger partial charge in [-0.2, -0.15) is 0 Å². The van der Waals surface area contributed by atoms with Crippen molar-refractivity contribution >= 4 is 15.9 Å². The van der Waals surface area contributed by atoms with Crippen molar-refractivity contribution in [3.05, 3.63) is 58.1 Å². The van der Waals surface area contributed by atoms with Crippen molar-refractivity contribution in [1.29, 1.82) is 0 Å². The Morgan fingerprint density at radius 1 is 1.29 bits per heavy atom. The summed E-state index contributed by atoms with van der Waals surface area (Å²) in [5.74, 6) is 1.76. The minimum atomic E-state index is 0.294. The molecule has 0 aromatic heterocycles. The summed E-state index contributed by atoms with van der Waals surface area (Å²) in [6.07, 6.45) is 0. The third-order valence-corrected chi connectivity index (χ3v) is 4.34. The molecule has 1 heterocycles. The lowest BCUT2D eigenvalue weighted by molar-refractivity contribution is 0.297. The minimum Gasteiger partial charge on any atom is -0.491 e. The summed E-state index contributed by atoms with van der Waals surface area (Å²) in [7, 11) is 0. The molecule has 0 amide bonds. The second-order valence-corrected chi connectivity index (χ2v) is 5.86. The molecule has 2 aromatic rings. The second kappa shape index (κ2) is 6.50. The Bertz CT molecular complexity index is 630. The molecule has 1 atom stereocenters. The van der Waals surface area contributed by atoms with Gasteiger partial charge in [-0.25, -0.2) is 0 Å². The topological polar surface area (TPSA) is 30.5 Å². The summed E-state index contributed by atoms with van der Waals surface area (Å²) in [4.78, 5) is 0. The maximum absolute atomic E-state index is 5.86. The molecule has 1 unspecified atom stereocenters. The first-order chi connectivity index (χ1) is 10.3. The van der Waals surface area contributed by atoms with Crippen molar-refractivity contribution in [2.45, 2.75) is 19.6 Å². The third kappa shape index (κ3) is 3.22. The van der Waals surface area contributed by atoms with Crippen LogP contribution in [0.4, 0.5) is 0 Å². The molecule has 0 saturated carbocycles. The summed E-state index contributed by atoms with van der Waals surface area (Å²) >= 11 is 3.53. The van der Waals surface area contributed by atoms with Crippen LogP contribution < -0.4 is 14.8 Å². The van der Waals surface area contributed by atoms with Crippen LogP contribution in [0, 0.1) is 0 Å². The van der Waals surface area contributed by atoms with Gasteiger partial charge in [-0.3, -0.25) is 0 Å². The van der Waals surface area contributed by atoms with E-state index in [-0.39, 0.29) is 0 Å². The number of hydrogen-bond donors (Lipinski definition) is 1. The predicted octanol–water partition coefficient (Wildman–Crippen LogP) is 4.07. The molecule has 0 bridgehead atoms. The second-order valence-electron chi connectivity index (χ2n) is 5.00. The van der Waals surface area contributed by atoms with Crippen LogP contribution in [0.2, 0.25) is 0 Å². The van der Waals surface area contributed by atoms with E-state index in [1.54, 1.807) is 0 Å². The Morgan fingerprint density at radius 2 is 2.14 bits per heavy atom. The first-order valence-corrected chi connectivity index (χ1v) is 7.93. The molecular weight excluding hydrogens is 330 g/mol. The molecule has 0 fully saturated rings. The molecule has 4 heteroatoms. The maximum Gasteiger partial charge on any atom is 0.128 e. The van der Waals surface area contributed by atoms with Crippen molar-refractivity contribution < 1.29 is 9.47 Å². The van der Waals surface area contributed by atoms with Gasteiger partial charge in [0.2, 0.25) is 0 Å². The van der Waals surface area contributed by atoms with Gasteiger partial charge in [0, 0.05) is 21.7 Å². The van der Waals surface area contributed by atoms with Crippen LogP contribution in [-0.2, 0) is 6.61 Å². The lowest BCUT2D eigenvalue weighted by atomic mass is 10.1. The predicted molar refractivity (Wildman–Crippen MR) is 86.8 cm³/mol. The summed E-state index contributed by atoms with van der Waals surface area (Å²) in [5, 5.41) is 3.41. The summed E-state index contributed by atoms with van der Waals surface area (Å²) < 4.78 is 12.7. The third-order valence-electron chi connectivity index (χ3n) is 3.57. The largest absolute Gasteiger partial charge is 0.491 e. The van der Waals surface area contributed by atoms with Crippen LogP contribution in [0.1, 0.15) is 24.1 Å². The van der Waals surface area contributed by atoms with Crippen LogP contribution in [0.5, 0.6) is 11.5 Å². The first kappa shape index (κ1) is 14.4. The highest BCUT2D eigenvalue weighted by molar-refractivity contribution is 9.10. The average molecular weight is 348 g/mol. The standard InChI is InChI=1S/C17H18BrNO2/c1-2-19-16-11-21-17-9-13(7-8-14(16)17)20-10-12-5-3-4-6-15(12)18/h3-9,16,19H,2,10-11H2,1H3. The Kier molecular flexibility index (Phi) is 4.46. The van der Waals surface area contributed by atoms with Crippen LogP contribution in [0.3, 0.4) is 0 Å². The van der Waals surface area contributed by atoms with Crippen molar-refractivity contribution in [1.82, 2.24) is 5.32 Å². The van der Waals surface area contributed by atoms with E-state index in [1.165, 1.54) is 5.56 Å². The van der Waals surface area contributed by atoms with Crippen LogP contribution >= 0.6 is 15.9 Å². The van der Waals surface area contributed by atoms with Crippen molar-refractivity contribution in [2.24, 2.45) is 0 Å². The Labute approximate surface area is 133 Å². The maximum atomic E-state index is 5.86. The Morgan fingerprint density at radius 3 is 2.95 bits per heavy atom. The molecule has 1 N–H and O–H groups in total. The molecular formula is C17H18BrNO2. The number of halogens is 1. The zero-order valence-electron chi connectivity index (χ0n) is 11.9. The molecule has 1 aliphatic heterocycles. The number of benzene rings is 2. The number of rotatable bonds is 5. The SMILES string of the molecule is CCNC1COc2cc(OCc3ccccc3Br)ccc21. The molecule has 0 radical (unpaired) electrons. The van der Waals surface area contributed by atoms with E-state index in [0.29, 0.717) is 19.3 Å². The Hall–Kier alpha value is -1.52. The van der Waals surface area contributed by atoms with Gasteiger partial charge >= 0.3 is 0 Å². The lowest BCUT2D eigenvalue weighted by Crippen LogP contribution is -2.21. The van der Waals surface area contributed by atoms with Crippen LogP contribution in [0.15, 0.2) is 46.9 Å². The highest BCUT2D eigenvalue weighted by Crippen LogP contribution is 2.35. The van der Waals surface area contributed by atoms with Crippen molar-refractivity contribution in [3.8, 4) is 11.5 Å². The van der Waals surface area contributed by atoms with E-state index in [2.05, 4.69) is 40.3 Å². The highest BCUT2D eigenvalue weighted by Gasteiger charge is 2.23. The van der Waals surface area contributed by atoms with Gasteiger partial charge in [-0.15, -0.1) is 0 Å². The highest BCUT2D eigenvalue weighted by atomic mass is 79.9. The van der Waals surface area contributed by atoms with Gasteiger partial charge in [-0.05, 0) is 24.7 Å². The van der Waals surface area contributed by atoms with E-state index in [1.807, 2.05) is 30.3 Å². The smallest absolute Gasteiger partial charge is 0.128 e. The summed E-state index contributed by atoms with van der Waals surface area (Å²) in [5.41, 5.74) is 2.34. The monoisotopic (exact) mass is 347 g/mol. The molecule has 21 heavy (non-hydrogen) atoms. The van der Waals surface area contributed by atoms with E-state index >= 15 is 0 Å². The number of ether oxygens (including phenoxy) is 2. The van der Waals surface area contributed by atoms with Gasteiger partial charge in [0.25, 0.3) is 0 Å². The average Bonchev–Trinajstić information content (AvgIpc) is 2.89. The zero-order valence-corrected chi connectivity index (χ0v) is 13.5. The van der Waals surface area contributed by atoms with Crippen LogP contribution in [0.25, 0.3) is 0 Å². The molecule has 0 aliphatic carbocycles. The molecule has 0 saturated heterocycles. The fourth-order valence-corrected chi connectivity index (χ4v) is 2.87. The lowest BCUT2D eigenvalue weighted by Gasteiger charge is -2.11. The molecule has 3 rings (SSSR count). The van der Waals surface area contributed by atoms with Crippen molar-refractivity contribution in [3.63, 3.8) is 0 Å². The molecule has 110 valence electrons. The Balaban J connectivity index is 1.69. The van der Waals surface area contributed by atoms with E-state index in [4.69, 9.17) is 9.47 Å². The fourth-order valence-electron chi connectivity index (χ4n) is 2.47. The number of nitrogens with one attached hydrogen (secondary N) is 1.